The summed E-state index contributed by atoms with van der Waals surface area (Å²) >= 11 is 1.26. The normalized spacial score (nSPS) is 17.9. The average molecular weight is 529 g/mol. The summed E-state index contributed by atoms with van der Waals surface area (Å²) in [6, 6.07) is 12.5. The van der Waals surface area contributed by atoms with E-state index in [4.69, 9.17) is 9.47 Å². The van der Waals surface area contributed by atoms with Gasteiger partial charge in [-0.1, -0.05) is 37.3 Å². The van der Waals surface area contributed by atoms with Gasteiger partial charge in [0.2, 0.25) is 10.0 Å². The molecule has 4 rings (SSSR count). The Kier molecular flexibility index (Phi) is 7.87. The summed E-state index contributed by atoms with van der Waals surface area (Å²) in [6.45, 7) is 6.20. The zero-order chi connectivity index (χ0) is 25.9. The van der Waals surface area contributed by atoms with Gasteiger partial charge in [0.15, 0.2) is 5.78 Å². The number of rotatable bonds is 9. The molecule has 0 aliphatic carbocycles. The fourth-order valence-corrected chi connectivity index (χ4v) is 6.63. The molecule has 2 heterocycles. The summed E-state index contributed by atoms with van der Waals surface area (Å²) in [4.78, 5) is 27.8. The van der Waals surface area contributed by atoms with Crippen LogP contribution >= 0.6 is 11.3 Å². The van der Waals surface area contributed by atoms with E-state index in [1.807, 2.05) is 32.0 Å². The highest BCUT2D eigenvalue weighted by atomic mass is 32.2. The molecule has 0 fully saturated rings. The first kappa shape index (κ1) is 26.0. The van der Waals surface area contributed by atoms with Crippen molar-refractivity contribution >= 4 is 33.6 Å². The number of carbonyl (C=O) groups is 2. The zero-order valence-electron chi connectivity index (χ0n) is 20.3. The zero-order valence-corrected chi connectivity index (χ0v) is 22.0. The van der Waals surface area contributed by atoms with Crippen LogP contribution in [-0.4, -0.2) is 49.2 Å². The maximum absolute atomic E-state index is 13.6. The topological polar surface area (TPSA) is 103 Å². The van der Waals surface area contributed by atoms with E-state index < -0.39 is 10.0 Å². The fraction of sp³-hybridized carbons (Fsp3) is 0.346. The van der Waals surface area contributed by atoms with Crippen LogP contribution in [0.2, 0.25) is 0 Å². The number of ketones is 1. The number of thiazole rings is 1. The van der Waals surface area contributed by atoms with E-state index in [0.717, 1.165) is 16.7 Å². The Labute approximate surface area is 214 Å². The van der Waals surface area contributed by atoms with Crippen molar-refractivity contribution < 1.29 is 27.5 Å². The molecule has 1 aliphatic heterocycles. The number of nitrogens with zero attached hydrogens (tertiary/aromatic N) is 2. The van der Waals surface area contributed by atoms with Crippen LogP contribution in [0.5, 0.6) is 5.75 Å². The van der Waals surface area contributed by atoms with Crippen LogP contribution in [0.3, 0.4) is 0 Å². The van der Waals surface area contributed by atoms with E-state index in [1.54, 1.807) is 24.3 Å². The molecular formula is C26H28N2O6S2. The highest BCUT2D eigenvalue weighted by molar-refractivity contribution is 7.89. The van der Waals surface area contributed by atoms with Crippen LogP contribution in [-0.2, 0) is 26.1 Å². The highest BCUT2D eigenvalue weighted by Crippen LogP contribution is 2.34. The van der Waals surface area contributed by atoms with Gasteiger partial charge in [0, 0.05) is 19.7 Å². The van der Waals surface area contributed by atoms with Crippen LogP contribution in [0.4, 0.5) is 0 Å². The lowest BCUT2D eigenvalue weighted by molar-refractivity contribution is -0.128. The van der Waals surface area contributed by atoms with E-state index in [0.29, 0.717) is 28.5 Å². The van der Waals surface area contributed by atoms with Crippen LogP contribution < -0.4 is 4.74 Å². The van der Waals surface area contributed by atoms with Crippen LogP contribution in [0, 0.1) is 6.92 Å². The molecule has 190 valence electrons. The third-order valence-electron chi connectivity index (χ3n) is 6.25. The number of hydrogen-bond acceptors (Lipinski definition) is 8. The van der Waals surface area contributed by atoms with Crippen molar-refractivity contribution in [1.29, 1.82) is 0 Å². The third kappa shape index (κ3) is 5.35. The molecule has 0 radical (unpaired) electrons. The summed E-state index contributed by atoms with van der Waals surface area (Å²) in [5.41, 5.74) is 2.57. The Morgan fingerprint density at radius 1 is 1.31 bits per heavy atom. The summed E-state index contributed by atoms with van der Waals surface area (Å²) in [5, 5.41) is 0.646. The van der Waals surface area contributed by atoms with Gasteiger partial charge in [-0.15, -0.1) is 11.3 Å². The molecule has 3 aromatic rings. The van der Waals surface area contributed by atoms with Crippen molar-refractivity contribution in [2.45, 2.75) is 50.7 Å². The molecular weight excluding hydrogens is 500 g/mol. The molecule has 0 spiro atoms. The molecule has 0 bridgehead atoms. The number of benzene rings is 2. The molecule has 10 heteroatoms. The largest absolute Gasteiger partial charge is 0.488 e. The first-order valence-electron chi connectivity index (χ1n) is 11.6. The summed E-state index contributed by atoms with van der Waals surface area (Å²) in [5.74, 6) is -0.105. The van der Waals surface area contributed by atoms with Gasteiger partial charge in [0.25, 0.3) is 6.47 Å². The molecule has 2 atom stereocenters. The van der Waals surface area contributed by atoms with Crippen molar-refractivity contribution in [3.63, 3.8) is 0 Å². The second-order valence-electron chi connectivity index (χ2n) is 8.68. The maximum Gasteiger partial charge on any atom is 0.293 e. The second kappa shape index (κ2) is 10.9. The van der Waals surface area contributed by atoms with E-state index in [1.165, 1.54) is 28.8 Å². The summed E-state index contributed by atoms with van der Waals surface area (Å²) in [6.07, 6.45) is 1.91. The molecule has 1 aromatic heterocycles. The van der Waals surface area contributed by atoms with Gasteiger partial charge < -0.3 is 9.47 Å². The number of aromatic nitrogens is 1. The van der Waals surface area contributed by atoms with Crippen molar-refractivity contribution in [3.05, 3.63) is 75.2 Å². The highest BCUT2D eigenvalue weighted by Gasteiger charge is 2.34. The fourth-order valence-electron chi connectivity index (χ4n) is 4.13. The van der Waals surface area contributed by atoms with Gasteiger partial charge in [-0.25, -0.2) is 13.4 Å². The predicted molar refractivity (Wildman–Crippen MR) is 136 cm³/mol. The molecule has 0 saturated carbocycles. The third-order valence-corrected chi connectivity index (χ3v) is 9.31. The first-order valence-corrected chi connectivity index (χ1v) is 13.9. The van der Waals surface area contributed by atoms with Crippen LogP contribution in [0.15, 0.2) is 53.6 Å². The van der Waals surface area contributed by atoms with Gasteiger partial charge >= 0.3 is 0 Å². The predicted octanol–water partition coefficient (Wildman–Crippen LogP) is 4.32. The van der Waals surface area contributed by atoms with Gasteiger partial charge in [-0.05, 0) is 42.2 Å². The van der Waals surface area contributed by atoms with E-state index in [9.17, 15) is 18.0 Å². The average Bonchev–Trinajstić information content (AvgIpc) is 3.32. The lowest BCUT2D eigenvalue weighted by Crippen LogP contribution is -2.36. The summed E-state index contributed by atoms with van der Waals surface area (Å²) in [7, 11) is -3.79. The number of aryl methyl sites for hydroxylation is 1. The van der Waals surface area contributed by atoms with Gasteiger partial charge in [0.1, 0.15) is 28.4 Å². The Balaban J connectivity index is 1.71. The minimum Gasteiger partial charge on any atom is -0.488 e. The minimum atomic E-state index is -3.79. The number of fused-ring (bicyclic) bond motifs is 1. The minimum absolute atomic E-state index is 0.0536. The first-order chi connectivity index (χ1) is 17.2. The van der Waals surface area contributed by atoms with E-state index >= 15 is 0 Å². The van der Waals surface area contributed by atoms with Gasteiger partial charge in [0.05, 0.1) is 17.3 Å². The molecule has 0 amide bonds. The molecule has 1 aliphatic rings. The SMILES string of the molecule is CC[C@@H]1CN(Cc2cc(C(COC=O)c3ncc(C(C)=O)s3)ccc2C)S(=O)(=O)c2ccccc2O1. The second-order valence-corrected chi connectivity index (χ2v) is 11.6. The number of sulfonamides is 1. The molecule has 1 unspecified atom stereocenters. The van der Waals surface area contributed by atoms with E-state index in [-0.39, 0.29) is 42.4 Å². The van der Waals surface area contributed by atoms with Crippen molar-refractivity contribution in [3.8, 4) is 5.75 Å². The number of ether oxygens (including phenoxy) is 2. The van der Waals surface area contributed by atoms with Crippen LogP contribution in [0.25, 0.3) is 0 Å². The van der Waals surface area contributed by atoms with Crippen molar-refractivity contribution in [2.75, 3.05) is 13.2 Å². The van der Waals surface area contributed by atoms with E-state index in [2.05, 4.69) is 4.98 Å². The van der Waals surface area contributed by atoms with Crippen molar-refractivity contribution in [2.24, 2.45) is 0 Å². The lowest BCUT2D eigenvalue weighted by Gasteiger charge is -2.24. The Morgan fingerprint density at radius 2 is 2.08 bits per heavy atom. The standard InChI is InChI=1S/C26H28N2O6S2/c1-4-21-14-28(36(31,32)25-8-6-5-7-23(25)34-21)13-20-11-19(10-9-17(20)2)22(15-33-16-29)26-27-12-24(35-26)18(3)30/h5-12,16,21-22H,4,13-15H2,1-3H3/t21-,22?/m1/s1. The number of hydrogen-bond donors (Lipinski definition) is 0. The molecule has 0 saturated heterocycles. The van der Waals surface area contributed by atoms with Gasteiger partial charge in [-0.2, -0.15) is 4.31 Å². The number of para-hydroxylation sites is 1. The maximum atomic E-state index is 13.6. The Hall–Kier alpha value is -3.08. The smallest absolute Gasteiger partial charge is 0.293 e. The van der Waals surface area contributed by atoms with Crippen molar-refractivity contribution in [1.82, 2.24) is 9.29 Å². The molecule has 0 N–H and O–H groups in total. The van der Waals surface area contributed by atoms with Crippen LogP contribution in [0.1, 0.15) is 57.6 Å². The molecule has 2 aromatic carbocycles. The number of carbonyl (C=O) groups excluding carboxylic acids is 2. The Bertz CT molecular complexity index is 1370. The lowest BCUT2D eigenvalue weighted by atomic mass is 9.96. The molecule has 8 nitrogen and oxygen atoms in total. The monoisotopic (exact) mass is 528 g/mol. The summed E-state index contributed by atoms with van der Waals surface area (Å²) < 4.78 is 39.8. The quantitative estimate of drug-likeness (QED) is 0.301. The molecule has 36 heavy (non-hydrogen) atoms. The van der Waals surface area contributed by atoms with Gasteiger partial charge in [-0.3, -0.25) is 9.59 Å². The number of Topliss-reactive ketones (excluding diaryl/α,β-unsaturated/α-hetero) is 1. The Morgan fingerprint density at radius 3 is 2.78 bits per heavy atom.